The molecule has 0 unspecified atom stereocenters. The van der Waals surface area contributed by atoms with Crippen molar-refractivity contribution in [2.75, 3.05) is 19.6 Å². The summed E-state index contributed by atoms with van der Waals surface area (Å²) < 4.78 is 0. The van der Waals surface area contributed by atoms with Crippen LogP contribution in [0.4, 0.5) is 0 Å². The van der Waals surface area contributed by atoms with Gasteiger partial charge in [-0.3, -0.25) is 9.59 Å². The standard InChI is InChI=1S/C6H2Cl2O4.C6H15N/c7-1-3(9)5(11)2(8)6(12)4(1)10;1-4-7(5-2)6-3/h9,12H;4-6H2,1-3H3. The lowest BCUT2D eigenvalue weighted by Crippen LogP contribution is -3.11. The highest BCUT2D eigenvalue weighted by atomic mass is 35.5. The fraction of sp³-hybridized carbons (Fsp3) is 0.500. The Labute approximate surface area is 122 Å². The number of aliphatic hydroxyl groups excluding tert-OH is 1. The lowest BCUT2D eigenvalue weighted by Gasteiger charge is -2.17. The molecule has 0 aromatic rings. The zero-order chi connectivity index (χ0) is 15.2. The highest BCUT2D eigenvalue weighted by Gasteiger charge is 2.28. The average Bonchev–Trinajstić information content (AvgIpc) is 2.43. The minimum Gasteiger partial charge on any atom is -0.869 e. The van der Waals surface area contributed by atoms with Crippen molar-refractivity contribution in [2.24, 2.45) is 0 Å². The van der Waals surface area contributed by atoms with Crippen molar-refractivity contribution in [2.45, 2.75) is 20.8 Å². The Kier molecular flexibility index (Phi) is 7.75. The maximum atomic E-state index is 10.8. The minimum absolute atomic E-state index is 0.783. The van der Waals surface area contributed by atoms with E-state index in [1.54, 1.807) is 4.90 Å². The first-order valence-corrected chi connectivity index (χ1v) is 6.65. The Morgan fingerprint density at radius 1 is 1.00 bits per heavy atom. The Morgan fingerprint density at radius 2 is 1.42 bits per heavy atom. The SMILES string of the molecule is CC[NH+](CC)CC.O=C1C(O)=C(Cl)C(=O)C([O-])=C1Cl. The van der Waals surface area contributed by atoms with Crippen molar-refractivity contribution in [3.63, 3.8) is 0 Å². The summed E-state index contributed by atoms with van der Waals surface area (Å²) in [4.78, 5) is 23.2. The number of allylic oxidation sites excluding steroid dienone is 2. The number of carbonyl (C=O) groups is 2. The maximum absolute atomic E-state index is 10.8. The Morgan fingerprint density at radius 3 is 1.74 bits per heavy atom. The Balaban J connectivity index is 0.000000399. The number of halogens is 2. The number of ketones is 2. The fourth-order valence-corrected chi connectivity index (χ4v) is 1.71. The van der Waals surface area contributed by atoms with Gasteiger partial charge in [-0.05, 0) is 26.5 Å². The zero-order valence-corrected chi connectivity index (χ0v) is 12.6. The summed E-state index contributed by atoms with van der Waals surface area (Å²) in [6.45, 7) is 10.5. The van der Waals surface area contributed by atoms with Gasteiger partial charge in [-0.15, -0.1) is 0 Å². The highest BCUT2D eigenvalue weighted by Crippen LogP contribution is 2.24. The topological polar surface area (TPSA) is 81.9 Å². The van der Waals surface area contributed by atoms with E-state index in [1.165, 1.54) is 19.6 Å². The fourth-order valence-electron chi connectivity index (χ4n) is 1.36. The molecule has 0 saturated carbocycles. The lowest BCUT2D eigenvalue weighted by molar-refractivity contribution is -0.894. The van der Waals surface area contributed by atoms with E-state index in [-0.39, 0.29) is 0 Å². The van der Waals surface area contributed by atoms with Crippen LogP contribution in [0.5, 0.6) is 0 Å². The number of aliphatic hydroxyl groups is 1. The summed E-state index contributed by atoms with van der Waals surface area (Å²) in [7, 11) is 0. The largest absolute Gasteiger partial charge is 0.869 e. The number of carbonyl (C=O) groups excluding carboxylic acids is 2. The summed E-state index contributed by atoms with van der Waals surface area (Å²) in [5.41, 5.74) is 0. The third-order valence-electron chi connectivity index (χ3n) is 2.73. The van der Waals surface area contributed by atoms with Crippen LogP contribution in [0, 0.1) is 0 Å². The van der Waals surface area contributed by atoms with Crippen molar-refractivity contribution in [3.8, 4) is 0 Å². The van der Waals surface area contributed by atoms with Gasteiger partial charge in [0.15, 0.2) is 11.5 Å². The molecule has 0 radical (unpaired) electrons. The molecule has 0 bridgehead atoms. The second kappa shape index (κ2) is 8.19. The lowest BCUT2D eigenvalue weighted by atomic mass is 10.1. The first-order valence-electron chi connectivity index (χ1n) is 5.90. The molecule has 0 saturated heterocycles. The number of Topliss-reactive ketones (excluding diaryl/α,β-unsaturated/α-hetero) is 2. The minimum atomic E-state index is -1.19. The van der Waals surface area contributed by atoms with Crippen LogP contribution >= 0.6 is 23.2 Å². The normalized spacial score (nSPS) is 15.9. The monoisotopic (exact) mass is 309 g/mol. The van der Waals surface area contributed by atoms with Crippen LogP contribution in [0.2, 0.25) is 0 Å². The third-order valence-corrected chi connectivity index (χ3v) is 3.42. The van der Waals surface area contributed by atoms with Crippen molar-refractivity contribution in [1.29, 1.82) is 0 Å². The van der Waals surface area contributed by atoms with E-state index in [1.807, 2.05) is 0 Å². The number of hydrogen-bond donors (Lipinski definition) is 2. The molecular weight excluding hydrogens is 293 g/mol. The summed E-state index contributed by atoms with van der Waals surface area (Å²) in [5, 5.41) is 17.9. The van der Waals surface area contributed by atoms with Gasteiger partial charge in [-0.1, -0.05) is 23.2 Å². The van der Waals surface area contributed by atoms with E-state index >= 15 is 0 Å². The second-order valence-corrected chi connectivity index (χ2v) is 4.53. The molecule has 0 fully saturated rings. The Hall–Kier alpha value is -1.04. The van der Waals surface area contributed by atoms with Gasteiger partial charge in [0.2, 0.25) is 5.78 Å². The molecule has 19 heavy (non-hydrogen) atoms. The average molecular weight is 310 g/mol. The molecular formula is C12H17Cl2NO4. The molecule has 108 valence electrons. The van der Waals surface area contributed by atoms with Crippen molar-refractivity contribution in [1.82, 2.24) is 0 Å². The molecule has 0 atom stereocenters. The summed E-state index contributed by atoms with van der Waals surface area (Å²) in [5.74, 6) is -4.46. The molecule has 0 heterocycles. The van der Waals surface area contributed by atoms with Crippen LogP contribution in [0.3, 0.4) is 0 Å². The van der Waals surface area contributed by atoms with Crippen molar-refractivity contribution in [3.05, 3.63) is 21.6 Å². The molecule has 0 amide bonds. The molecule has 1 aliphatic carbocycles. The molecule has 7 heteroatoms. The maximum Gasteiger partial charge on any atom is 0.239 e. The number of rotatable bonds is 3. The van der Waals surface area contributed by atoms with Crippen LogP contribution < -0.4 is 10.0 Å². The van der Waals surface area contributed by atoms with Gasteiger partial charge < -0.3 is 15.1 Å². The van der Waals surface area contributed by atoms with E-state index in [9.17, 15) is 14.7 Å². The van der Waals surface area contributed by atoms with Gasteiger partial charge in [0, 0.05) is 0 Å². The third kappa shape index (κ3) is 4.53. The van der Waals surface area contributed by atoms with Crippen LogP contribution in [0.1, 0.15) is 20.8 Å². The molecule has 1 rings (SSSR count). The van der Waals surface area contributed by atoms with Crippen LogP contribution in [0.25, 0.3) is 0 Å². The number of nitrogens with one attached hydrogen (secondary N) is 1. The summed E-state index contributed by atoms with van der Waals surface area (Å²) in [6, 6.07) is 0. The molecule has 0 aromatic carbocycles. The quantitative estimate of drug-likeness (QED) is 0.713. The van der Waals surface area contributed by atoms with Crippen LogP contribution in [0.15, 0.2) is 21.6 Å². The van der Waals surface area contributed by atoms with Gasteiger partial charge in [-0.25, -0.2) is 0 Å². The van der Waals surface area contributed by atoms with E-state index in [0.717, 1.165) is 0 Å². The van der Waals surface area contributed by atoms with Gasteiger partial charge in [0.25, 0.3) is 0 Å². The van der Waals surface area contributed by atoms with E-state index < -0.39 is 33.1 Å². The molecule has 0 aliphatic heterocycles. The van der Waals surface area contributed by atoms with Crippen LogP contribution in [-0.4, -0.2) is 36.3 Å². The Bertz CT molecular complexity index is 358. The molecule has 0 aromatic heterocycles. The van der Waals surface area contributed by atoms with Gasteiger partial charge in [0.1, 0.15) is 5.03 Å². The van der Waals surface area contributed by atoms with E-state index in [0.29, 0.717) is 0 Å². The molecule has 1 aliphatic rings. The van der Waals surface area contributed by atoms with Crippen LogP contribution in [-0.2, 0) is 9.59 Å². The van der Waals surface area contributed by atoms with Gasteiger partial charge in [-0.2, -0.15) is 0 Å². The predicted molar refractivity (Wildman–Crippen MR) is 71.0 cm³/mol. The van der Waals surface area contributed by atoms with E-state index in [4.69, 9.17) is 28.3 Å². The van der Waals surface area contributed by atoms with Crippen molar-refractivity contribution < 1.29 is 24.7 Å². The summed E-state index contributed by atoms with van der Waals surface area (Å²) in [6.07, 6.45) is 0. The smallest absolute Gasteiger partial charge is 0.239 e. The summed E-state index contributed by atoms with van der Waals surface area (Å²) >= 11 is 10.3. The first-order chi connectivity index (χ1) is 8.81. The van der Waals surface area contributed by atoms with Gasteiger partial charge in [0.05, 0.1) is 24.7 Å². The first kappa shape index (κ1) is 18.0. The molecule has 0 spiro atoms. The van der Waals surface area contributed by atoms with Crippen molar-refractivity contribution >= 4 is 34.8 Å². The second-order valence-electron chi connectivity index (χ2n) is 3.77. The number of hydrogen-bond acceptors (Lipinski definition) is 4. The predicted octanol–water partition coefficient (Wildman–Crippen LogP) is -0.112. The number of quaternary nitrogens is 1. The highest BCUT2D eigenvalue weighted by molar-refractivity contribution is 6.55. The molecule has 2 N–H and O–H groups in total. The van der Waals surface area contributed by atoms with E-state index in [2.05, 4.69) is 20.8 Å². The zero-order valence-electron chi connectivity index (χ0n) is 11.0. The van der Waals surface area contributed by atoms with Gasteiger partial charge >= 0.3 is 0 Å². The molecule has 5 nitrogen and oxygen atoms in total.